The normalized spacial score (nSPS) is 15.4. The molecule has 0 aliphatic rings. The minimum atomic E-state index is 0.336. The number of hydrogen-bond donors (Lipinski definition) is 0. The molecule has 1 heteroatoms. The van der Waals surface area contributed by atoms with Gasteiger partial charge in [0.05, 0.1) is 0 Å². The third-order valence-electron chi connectivity index (χ3n) is 1.75. The molecule has 0 fully saturated rings. The van der Waals surface area contributed by atoms with Crippen LogP contribution < -0.4 is 0 Å². The summed E-state index contributed by atoms with van der Waals surface area (Å²) in [6, 6.07) is 1.55. The zero-order valence-corrected chi connectivity index (χ0v) is 7.82. The van der Waals surface area contributed by atoms with Gasteiger partial charge in [-0.3, -0.25) is 0 Å². The summed E-state index contributed by atoms with van der Waals surface area (Å²) >= 11 is 0. The molecule has 0 amide bonds. The summed E-state index contributed by atoms with van der Waals surface area (Å²) in [6.07, 6.45) is 2.82. The van der Waals surface area contributed by atoms with Crippen molar-refractivity contribution in [2.24, 2.45) is 0 Å². The summed E-state index contributed by atoms with van der Waals surface area (Å²) < 4.78 is 0. The Balaban J connectivity index is 2.86. The maximum absolute atomic E-state index is 2.39. The van der Waals surface area contributed by atoms with E-state index in [1.807, 2.05) is 0 Å². The Hall–Kier alpha value is 0.217. The minimum Gasteiger partial charge on any atom is -0.0657 e. The lowest BCUT2D eigenvalue weighted by Crippen LogP contribution is -1.95. The van der Waals surface area contributed by atoms with Gasteiger partial charge in [0.2, 0.25) is 0 Å². The van der Waals surface area contributed by atoms with Crippen LogP contribution >= 0.6 is 0 Å². The van der Waals surface area contributed by atoms with Crippen molar-refractivity contribution < 1.29 is 0 Å². The average molecular weight is 130 g/mol. The lowest BCUT2D eigenvalue weighted by molar-refractivity contribution is 0.857. The molecule has 0 aromatic heterocycles. The van der Waals surface area contributed by atoms with Crippen LogP contribution in [0.25, 0.3) is 0 Å². The van der Waals surface area contributed by atoms with Gasteiger partial charge in [0.1, 0.15) is 0 Å². The first-order valence-corrected chi connectivity index (χ1v) is 5.62. The van der Waals surface area contributed by atoms with Gasteiger partial charge in [-0.1, -0.05) is 45.2 Å². The van der Waals surface area contributed by atoms with Crippen LogP contribution in [0.3, 0.4) is 0 Å². The molecule has 8 heavy (non-hydrogen) atoms. The Morgan fingerprint density at radius 3 is 2.38 bits per heavy atom. The fraction of sp³-hybridized carbons (Fsp3) is 1.00. The molecule has 0 radical (unpaired) electrons. The van der Waals surface area contributed by atoms with Crippen molar-refractivity contribution >= 4 is 9.52 Å². The van der Waals surface area contributed by atoms with Crippen LogP contribution in [0.4, 0.5) is 0 Å². The van der Waals surface area contributed by atoms with Gasteiger partial charge in [-0.25, -0.2) is 0 Å². The van der Waals surface area contributed by atoms with Gasteiger partial charge in [0, 0.05) is 9.52 Å². The highest BCUT2D eigenvalue weighted by molar-refractivity contribution is 6.37. The molecular weight excluding hydrogens is 112 g/mol. The van der Waals surface area contributed by atoms with Crippen molar-refractivity contribution in [3.63, 3.8) is 0 Å². The van der Waals surface area contributed by atoms with E-state index in [0.717, 1.165) is 5.54 Å². The van der Waals surface area contributed by atoms with E-state index >= 15 is 0 Å². The summed E-state index contributed by atoms with van der Waals surface area (Å²) in [5, 5.41) is 0. The van der Waals surface area contributed by atoms with E-state index in [0.29, 0.717) is 9.52 Å². The van der Waals surface area contributed by atoms with Gasteiger partial charge in [-0.05, 0) is 0 Å². The van der Waals surface area contributed by atoms with E-state index in [-0.39, 0.29) is 0 Å². The molecule has 0 bridgehead atoms. The summed E-state index contributed by atoms with van der Waals surface area (Å²) in [5.41, 5.74) is 1.09. The predicted molar refractivity (Wildman–Crippen MR) is 43.4 cm³/mol. The van der Waals surface area contributed by atoms with Crippen molar-refractivity contribution in [2.45, 2.75) is 45.2 Å². The van der Waals surface area contributed by atoms with Crippen LogP contribution in [0.15, 0.2) is 0 Å². The highest BCUT2D eigenvalue weighted by atomic mass is 28.2. The highest BCUT2D eigenvalue weighted by Gasteiger charge is 1.95. The molecule has 0 aliphatic heterocycles. The molecule has 0 saturated carbocycles. The van der Waals surface area contributed by atoms with E-state index in [1.165, 1.54) is 12.8 Å². The second-order valence-corrected chi connectivity index (χ2v) is 5.33. The van der Waals surface area contributed by atoms with Crippen LogP contribution in [0, 0.1) is 0 Å². The molecule has 1 atom stereocenters. The Morgan fingerprint density at radius 1 is 1.38 bits per heavy atom. The lowest BCUT2D eigenvalue weighted by atomic mass is 10.4. The first kappa shape index (κ1) is 8.22. The molecule has 0 nitrogen and oxygen atoms in total. The Kier molecular flexibility index (Phi) is 5.50. The largest absolute Gasteiger partial charge is 0.0657 e. The van der Waals surface area contributed by atoms with E-state index in [4.69, 9.17) is 0 Å². The van der Waals surface area contributed by atoms with Crippen LogP contribution in [0.5, 0.6) is 0 Å². The van der Waals surface area contributed by atoms with Crippen molar-refractivity contribution in [1.29, 1.82) is 0 Å². The fourth-order valence-electron chi connectivity index (χ4n) is 0.757. The van der Waals surface area contributed by atoms with E-state index in [1.54, 1.807) is 6.04 Å². The number of rotatable bonds is 4. The first-order valence-electron chi connectivity index (χ1n) is 3.81. The van der Waals surface area contributed by atoms with Gasteiger partial charge in [0.15, 0.2) is 0 Å². The number of hydrogen-bond acceptors (Lipinski definition) is 0. The smallest absolute Gasteiger partial charge is 0.0228 e. The Bertz CT molecular complexity index is 43.7. The second kappa shape index (κ2) is 5.36. The van der Waals surface area contributed by atoms with E-state index in [9.17, 15) is 0 Å². The van der Waals surface area contributed by atoms with Crippen LogP contribution in [-0.4, -0.2) is 9.52 Å². The zero-order valence-electron chi connectivity index (χ0n) is 6.41. The van der Waals surface area contributed by atoms with E-state index < -0.39 is 0 Å². The molecule has 0 spiro atoms. The molecule has 0 rings (SSSR count). The standard InChI is InChI=1S/C7H18Si/c1-4-6-8-7(3)5-2/h7H,4-6,8H2,1-3H3. The molecular formula is C7H18Si. The minimum absolute atomic E-state index is 0.336. The summed E-state index contributed by atoms with van der Waals surface area (Å²) in [5.74, 6) is 0. The van der Waals surface area contributed by atoms with Gasteiger partial charge >= 0.3 is 0 Å². The average Bonchev–Trinajstić information content (AvgIpc) is 1.83. The fourth-order valence-corrected chi connectivity index (χ4v) is 2.27. The monoisotopic (exact) mass is 130 g/mol. The van der Waals surface area contributed by atoms with Crippen LogP contribution in [0.1, 0.15) is 33.6 Å². The first-order chi connectivity index (χ1) is 3.81. The molecule has 0 saturated heterocycles. The van der Waals surface area contributed by atoms with Gasteiger partial charge in [0.25, 0.3) is 0 Å². The molecule has 1 unspecified atom stereocenters. The zero-order chi connectivity index (χ0) is 6.41. The third-order valence-corrected chi connectivity index (χ3v) is 4.43. The van der Waals surface area contributed by atoms with Crippen molar-refractivity contribution in [3.05, 3.63) is 0 Å². The molecule has 0 N–H and O–H groups in total. The van der Waals surface area contributed by atoms with Gasteiger partial charge < -0.3 is 0 Å². The SMILES string of the molecule is CCC[SiH2]C(C)CC. The summed E-state index contributed by atoms with van der Waals surface area (Å²) in [6.45, 7) is 6.98. The molecule has 0 aromatic carbocycles. The summed E-state index contributed by atoms with van der Waals surface area (Å²) in [7, 11) is 0.336. The maximum atomic E-state index is 2.39. The molecule has 0 aliphatic carbocycles. The van der Waals surface area contributed by atoms with Gasteiger partial charge in [-0.15, -0.1) is 0 Å². The van der Waals surface area contributed by atoms with E-state index in [2.05, 4.69) is 20.8 Å². The van der Waals surface area contributed by atoms with Crippen molar-refractivity contribution in [1.82, 2.24) is 0 Å². The molecule has 0 aromatic rings. The topological polar surface area (TPSA) is 0 Å². The second-order valence-electron chi connectivity index (χ2n) is 2.66. The van der Waals surface area contributed by atoms with Crippen LogP contribution in [-0.2, 0) is 0 Å². The maximum Gasteiger partial charge on any atom is 0.0228 e. The highest BCUT2D eigenvalue weighted by Crippen LogP contribution is 2.08. The Morgan fingerprint density at radius 2 is 2.00 bits per heavy atom. The predicted octanol–water partition coefficient (Wildman–Crippen LogP) is 2.20. The van der Waals surface area contributed by atoms with Crippen LogP contribution in [0.2, 0.25) is 11.6 Å². The lowest BCUT2D eigenvalue weighted by Gasteiger charge is -2.03. The van der Waals surface area contributed by atoms with Crippen molar-refractivity contribution in [3.8, 4) is 0 Å². The van der Waals surface area contributed by atoms with Gasteiger partial charge in [-0.2, -0.15) is 0 Å². The van der Waals surface area contributed by atoms with Crippen molar-refractivity contribution in [2.75, 3.05) is 0 Å². The third kappa shape index (κ3) is 4.38. The summed E-state index contributed by atoms with van der Waals surface area (Å²) in [4.78, 5) is 0. The quantitative estimate of drug-likeness (QED) is 0.512. The molecule has 0 heterocycles. The Labute approximate surface area is 55.5 Å². The molecule has 50 valence electrons.